The molecule has 1 amide bonds. The lowest BCUT2D eigenvalue weighted by Gasteiger charge is -2.08. The molecule has 2 aromatic carbocycles. The normalized spacial score (nSPS) is 10.7. The molecule has 1 N–H and O–H groups in total. The number of hydrazone groups is 1. The lowest BCUT2D eigenvalue weighted by molar-refractivity contribution is -0.132. The number of nitrogens with one attached hydrogen (secondary N) is 1. The van der Waals surface area contributed by atoms with Crippen LogP contribution in [0.2, 0.25) is 0 Å². The number of hydrogen-bond donors (Lipinski definition) is 1. The fraction of sp³-hybridized carbons (Fsp3) is 0.136. The number of ether oxygens (including phenoxy) is 2. The van der Waals surface area contributed by atoms with Crippen molar-refractivity contribution >= 4 is 29.4 Å². The number of methoxy groups -OCH3 is 1. The standard InChI is InChI=1S/C22H20N2O4S/c1-14-4-7-17(8-5-14)18-10-11-29-21(18)22(26)24-23-13-16-6-9-19(28-15(2)25)20(12-16)27-3/h4-13H,1-3H3,(H,24,26)/b23-13-. The number of carbonyl (C=O) groups is 2. The molecule has 3 aromatic rings. The van der Waals surface area contributed by atoms with Gasteiger partial charge in [0.15, 0.2) is 11.5 Å². The van der Waals surface area contributed by atoms with Gasteiger partial charge in [-0.2, -0.15) is 5.10 Å². The van der Waals surface area contributed by atoms with Gasteiger partial charge in [0.1, 0.15) is 4.88 Å². The van der Waals surface area contributed by atoms with Crippen molar-refractivity contribution in [3.8, 4) is 22.6 Å². The Labute approximate surface area is 172 Å². The number of nitrogens with zero attached hydrogens (tertiary/aromatic N) is 1. The van der Waals surface area contributed by atoms with Crippen LogP contribution in [0.15, 0.2) is 59.0 Å². The third-order valence-electron chi connectivity index (χ3n) is 4.06. The highest BCUT2D eigenvalue weighted by atomic mass is 32.1. The predicted molar refractivity (Wildman–Crippen MR) is 114 cm³/mol. The summed E-state index contributed by atoms with van der Waals surface area (Å²) in [5.41, 5.74) is 6.25. The Hall–Kier alpha value is -3.45. The zero-order valence-corrected chi connectivity index (χ0v) is 17.1. The fourth-order valence-corrected chi connectivity index (χ4v) is 3.47. The first kappa shape index (κ1) is 20.3. The first-order valence-corrected chi connectivity index (χ1v) is 9.70. The summed E-state index contributed by atoms with van der Waals surface area (Å²) in [5.74, 6) is 0.00512. The molecule has 29 heavy (non-hydrogen) atoms. The Balaban J connectivity index is 1.71. The van der Waals surface area contributed by atoms with E-state index in [1.807, 2.05) is 42.6 Å². The second-order valence-corrected chi connectivity index (χ2v) is 7.15. The third-order valence-corrected chi connectivity index (χ3v) is 4.97. The second kappa shape index (κ2) is 9.16. The molecular weight excluding hydrogens is 388 g/mol. The van der Waals surface area contributed by atoms with Crippen molar-refractivity contribution in [3.63, 3.8) is 0 Å². The van der Waals surface area contributed by atoms with Gasteiger partial charge < -0.3 is 9.47 Å². The first-order chi connectivity index (χ1) is 14.0. The van der Waals surface area contributed by atoms with Crippen molar-refractivity contribution in [2.24, 2.45) is 5.10 Å². The van der Waals surface area contributed by atoms with E-state index in [2.05, 4.69) is 10.5 Å². The average Bonchev–Trinajstić information content (AvgIpc) is 3.19. The molecular formula is C22H20N2O4S. The van der Waals surface area contributed by atoms with Crippen LogP contribution in [0.3, 0.4) is 0 Å². The van der Waals surface area contributed by atoms with Crippen molar-refractivity contribution in [1.82, 2.24) is 5.43 Å². The molecule has 148 valence electrons. The van der Waals surface area contributed by atoms with Crippen LogP contribution in [0.25, 0.3) is 11.1 Å². The smallest absolute Gasteiger partial charge is 0.308 e. The first-order valence-electron chi connectivity index (χ1n) is 8.82. The second-order valence-electron chi connectivity index (χ2n) is 6.23. The van der Waals surface area contributed by atoms with Gasteiger partial charge in [-0.15, -0.1) is 11.3 Å². The minimum absolute atomic E-state index is 0.282. The van der Waals surface area contributed by atoms with Gasteiger partial charge >= 0.3 is 5.97 Å². The highest BCUT2D eigenvalue weighted by molar-refractivity contribution is 7.12. The van der Waals surface area contributed by atoms with E-state index in [0.717, 1.165) is 16.7 Å². The minimum Gasteiger partial charge on any atom is -0.493 e. The zero-order valence-electron chi connectivity index (χ0n) is 16.3. The number of benzene rings is 2. The predicted octanol–water partition coefficient (Wildman–Crippen LogP) is 4.42. The lowest BCUT2D eigenvalue weighted by atomic mass is 10.1. The quantitative estimate of drug-likeness (QED) is 0.283. The summed E-state index contributed by atoms with van der Waals surface area (Å²) in [4.78, 5) is 24.3. The molecule has 0 saturated heterocycles. The molecule has 0 bridgehead atoms. The van der Waals surface area contributed by atoms with Gasteiger partial charge in [0.05, 0.1) is 13.3 Å². The van der Waals surface area contributed by atoms with Crippen LogP contribution >= 0.6 is 11.3 Å². The summed E-state index contributed by atoms with van der Waals surface area (Å²) >= 11 is 1.36. The number of hydrogen-bond acceptors (Lipinski definition) is 6. The van der Waals surface area contributed by atoms with Gasteiger partial charge in [-0.25, -0.2) is 5.43 Å². The largest absolute Gasteiger partial charge is 0.493 e. The summed E-state index contributed by atoms with van der Waals surface area (Å²) in [6.45, 7) is 3.34. The summed E-state index contributed by atoms with van der Waals surface area (Å²) < 4.78 is 10.3. The highest BCUT2D eigenvalue weighted by Gasteiger charge is 2.14. The topological polar surface area (TPSA) is 77.0 Å². The van der Waals surface area contributed by atoms with Crippen molar-refractivity contribution < 1.29 is 19.1 Å². The van der Waals surface area contributed by atoms with Crippen LogP contribution in [0.5, 0.6) is 11.5 Å². The SMILES string of the molecule is COc1cc(/C=N\NC(=O)c2sccc2-c2ccc(C)cc2)ccc1OC(C)=O. The van der Waals surface area contributed by atoms with Gasteiger partial charge in [0, 0.05) is 12.5 Å². The van der Waals surface area contributed by atoms with Crippen LogP contribution in [0.1, 0.15) is 27.7 Å². The van der Waals surface area contributed by atoms with Crippen LogP contribution in [-0.2, 0) is 4.79 Å². The Morgan fingerprint density at radius 3 is 2.52 bits per heavy atom. The molecule has 7 heteroatoms. The van der Waals surface area contributed by atoms with Crippen molar-refractivity contribution in [2.75, 3.05) is 7.11 Å². The highest BCUT2D eigenvalue weighted by Crippen LogP contribution is 2.29. The summed E-state index contributed by atoms with van der Waals surface area (Å²) in [6.07, 6.45) is 1.50. The van der Waals surface area contributed by atoms with Crippen molar-refractivity contribution in [2.45, 2.75) is 13.8 Å². The number of thiophene rings is 1. The summed E-state index contributed by atoms with van der Waals surface area (Å²) in [5, 5.41) is 5.91. The molecule has 0 aliphatic rings. The zero-order chi connectivity index (χ0) is 20.8. The maximum Gasteiger partial charge on any atom is 0.308 e. The maximum atomic E-state index is 12.6. The van der Waals surface area contributed by atoms with Crippen LogP contribution in [-0.4, -0.2) is 25.2 Å². The van der Waals surface area contributed by atoms with Gasteiger partial charge in [0.25, 0.3) is 5.91 Å². The van der Waals surface area contributed by atoms with Crippen LogP contribution in [0, 0.1) is 6.92 Å². The van der Waals surface area contributed by atoms with Crippen molar-refractivity contribution in [1.29, 1.82) is 0 Å². The number of aryl methyl sites for hydroxylation is 1. The fourth-order valence-electron chi connectivity index (χ4n) is 2.67. The van der Waals surface area contributed by atoms with Gasteiger partial charge in [-0.3, -0.25) is 9.59 Å². The lowest BCUT2D eigenvalue weighted by Crippen LogP contribution is -2.17. The van der Waals surface area contributed by atoms with E-state index in [1.165, 1.54) is 31.6 Å². The monoisotopic (exact) mass is 408 g/mol. The molecule has 6 nitrogen and oxygen atoms in total. The third kappa shape index (κ3) is 5.08. The molecule has 0 fully saturated rings. The molecule has 0 atom stereocenters. The molecule has 1 heterocycles. The minimum atomic E-state index is -0.433. The number of carbonyl (C=O) groups excluding carboxylic acids is 2. The molecule has 0 saturated carbocycles. The molecule has 0 unspecified atom stereocenters. The Kier molecular flexibility index (Phi) is 6.41. The summed E-state index contributed by atoms with van der Waals surface area (Å²) in [6, 6.07) is 14.9. The van der Waals surface area contributed by atoms with E-state index in [1.54, 1.807) is 18.2 Å². The van der Waals surface area contributed by atoms with E-state index < -0.39 is 5.97 Å². The Morgan fingerprint density at radius 1 is 1.07 bits per heavy atom. The van der Waals surface area contributed by atoms with Gasteiger partial charge in [0.2, 0.25) is 0 Å². The van der Waals surface area contributed by atoms with Gasteiger partial charge in [-0.05, 0) is 47.7 Å². The molecule has 0 aliphatic carbocycles. The van der Waals surface area contributed by atoms with E-state index in [-0.39, 0.29) is 5.91 Å². The van der Waals surface area contributed by atoms with E-state index in [4.69, 9.17) is 9.47 Å². The molecule has 1 aromatic heterocycles. The summed E-state index contributed by atoms with van der Waals surface area (Å²) in [7, 11) is 1.48. The van der Waals surface area contributed by atoms with E-state index in [9.17, 15) is 9.59 Å². The molecule has 0 spiro atoms. The van der Waals surface area contributed by atoms with E-state index in [0.29, 0.717) is 21.9 Å². The molecule has 0 radical (unpaired) electrons. The number of rotatable bonds is 6. The number of esters is 1. The molecule has 3 rings (SSSR count). The maximum absolute atomic E-state index is 12.6. The average molecular weight is 408 g/mol. The van der Waals surface area contributed by atoms with Crippen LogP contribution < -0.4 is 14.9 Å². The Morgan fingerprint density at radius 2 is 1.83 bits per heavy atom. The number of amides is 1. The van der Waals surface area contributed by atoms with Crippen LogP contribution in [0.4, 0.5) is 0 Å². The van der Waals surface area contributed by atoms with E-state index >= 15 is 0 Å². The molecule has 0 aliphatic heterocycles. The van der Waals surface area contributed by atoms with Crippen molar-refractivity contribution in [3.05, 3.63) is 69.9 Å². The Bertz CT molecular complexity index is 1050. The van der Waals surface area contributed by atoms with Gasteiger partial charge in [-0.1, -0.05) is 29.8 Å².